The maximum absolute atomic E-state index is 14.0. The number of hydrogen-bond donors (Lipinski definition) is 1. The van der Waals surface area contributed by atoms with Crippen LogP contribution in [0.5, 0.6) is 0 Å². The summed E-state index contributed by atoms with van der Waals surface area (Å²) in [5.41, 5.74) is 0.105. The van der Waals surface area contributed by atoms with Gasteiger partial charge in [-0.15, -0.1) is 0 Å². The van der Waals surface area contributed by atoms with Crippen molar-refractivity contribution in [2.75, 3.05) is 6.54 Å². The van der Waals surface area contributed by atoms with E-state index in [1.807, 2.05) is 0 Å². The van der Waals surface area contributed by atoms with E-state index >= 15 is 0 Å². The molecule has 0 radical (unpaired) electrons. The monoisotopic (exact) mass is 321 g/mol. The molecule has 3 rings (SSSR count). The van der Waals surface area contributed by atoms with Crippen LogP contribution in [-0.4, -0.2) is 28.6 Å². The van der Waals surface area contributed by atoms with Crippen molar-refractivity contribution in [3.8, 4) is 0 Å². The van der Waals surface area contributed by atoms with E-state index in [4.69, 9.17) is 4.42 Å². The van der Waals surface area contributed by atoms with Crippen LogP contribution in [0.4, 0.5) is 8.78 Å². The van der Waals surface area contributed by atoms with Crippen LogP contribution in [0.25, 0.3) is 0 Å². The third-order valence-corrected chi connectivity index (χ3v) is 4.08. The molecule has 23 heavy (non-hydrogen) atoms. The van der Waals surface area contributed by atoms with Crippen molar-refractivity contribution in [2.24, 2.45) is 0 Å². The molecule has 0 saturated carbocycles. The second-order valence-electron chi connectivity index (χ2n) is 5.70. The van der Waals surface area contributed by atoms with Crippen LogP contribution in [-0.2, 0) is 11.2 Å². The lowest BCUT2D eigenvalue weighted by Crippen LogP contribution is -2.32. The van der Waals surface area contributed by atoms with Crippen molar-refractivity contribution in [3.63, 3.8) is 0 Å². The number of hydrogen-bond acceptors (Lipinski definition) is 3. The van der Waals surface area contributed by atoms with Crippen LogP contribution < -0.4 is 0 Å². The molecule has 2 unspecified atom stereocenters. The molecule has 2 atom stereocenters. The van der Waals surface area contributed by atoms with E-state index in [0.717, 1.165) is 18.2 Å². The van der Waals surface area contributed by atoms with Gasteiger partial charge in [0.15, 0.2) is 0 Å². The minimum absolute atomic E-state index is 0.105. The van der Waals surface area contributed by atoms with E-state index in [1.165, 1.54) is 11.2 Å². The number of benzene rings is 1. The Morgan fingerprint density at radius 2 is 2.17 bits per heavy atom. The molecule has 1 N–H and O–H groups in total. The Morgan fingerprint density at radius 1 is 1.35 bits per heavy atom. The number of carbonyl (C=O) groups excluding carboxylic acids is 1. The highest BCUT2D eigenvalue weighted by molar-refractivity contribution is 5.77. The van der Waals surface area contributed by atoms with E-state index < -0.39 is 23.8 Å². The van der Waals surface area contributed by atoms with E-state index in [1.54, 1.807) is 12.1 Å². The third-order valence-electron chi connectivity index (χ3n) is 4.08. The summed E-state index contributed by atoms with van der Waals surface area (Å²) in [5, 5.41) is 9.86. The standard InChI is InChI=1S/C17H17F2NO3/c18-11-3-5-15(19)14(8-11)16-9-12(21)10-20(16)17(22)6-4-13-2-1-7-23-13/h1-3,5,7-8,12,16,21H,4,6,9-10H2. The second-order valence-corrected chi connectivity index (χ2v) is 5.70. The molecule has 1 aromatic carbocycles. The number of aryl methyl sites for hydroxylation is 1. The molecule has 0 spiro atoms. The van der Waals surface area contributed by atoms with E-state index in [9.17, 15) is 18.7 Å². The fourth-order valence-corrected chi connectivity index (χ4v) is 2.98. The Labute approximate surface area is 132 Å². The number of furan rings is 1. The van der Waals surface area contributed by atoms with Gasteiger partial charge in [0.1, 0.15) is 17.4 Å². The Bertz CT molecular complexity index is 687. The van der Waals surface area contributed by atoms with Crippen LogP contribution in [0.3, 0.4) is 0 Å². The Balaban J connectivity index is 1.76. The van der Waals surface area contributed by atoms with Crippen LogP contribution in [0.2, 0.25) is 0 Å². The van der Waals surface area contributed by atoms with Crippen LogP contribution in [0.1, 0.15) is 30.2 Å². The number of likely N-dealkylation sites (tertiary alicyclic amines) is 1. The molecule has 2 heterocycles. The average Bonchev–Trinajstić information content (AvgIpc) is 3.16. The Morgan fingerprint density at radius 3 is 2.91 bits per heavy atom. The smallest absolute Gasteiger partial charge is 0.223 e. The molecular weight excluding hydrogens is 304 g/mol. The maximum Gasteiger partial charge on any atom is 0.223 e. The van der Waals surface area contributed by atoms with E-state index in [2.05, 4.69) is 0 Å². The number of halogens is 2. The SMILES string of the molecule is O=C(CCc1ccco1)N1CC(O)CC1c1cc(F)ccc1F. The van der Waals surface area contributed by atoms with Crippen LogP contribution in [0, 0.1) is 11.6 Å². The first-order chi connectivity index (χ1) is 11.0. The molecule has 2 aromatic rings. The maximum atomic E-state index is 14.0. The zero-order valence-corrected chi connectivity index (χ0v) is 12.4. The summed E-state index contributed by atoms with van der Waals surface area (Å²) in [6.07, 6.45) is 1.61. The highest BCUT2D eigenvalue weighted by Gasteiger charge is 2.36. The average molecular weight is 321 g/mol. The molecule has 6 heteroatoms. The summed E-state index contributed by atoms with van der Waals surface area (Å²) in [4.78, 5) is 13.8. The highest BCUT2D eigenvalue weighted by Crippen LogP contribution is 2.34. The number of nitrogens with zero attached hydrogens (tertiary/aromatic N) is 1. The topological polar surface area (TPSA) is 53.7 Å². The largest absolute Gasteiger partial charge is 0.469 e. The number of aliphatic hydroxyl groups is 1. The van der Waals surface area contributed by atoms with Gasteiger partial charge in [0, 0.05) is 24.9 Å². The van der Waals surface area contributed by atoms with Crippen LogP contribution >= 0.6 is 0 Å². The quantitative estimate of drug-likeness (QED) is 0.942. The third kappa shape index (κ3) is 3.42. The molecule has 1 aliphatic rings. The van der Waals surface area contributed by atoms with Gasteiger partial charge in [0.25, 0.3) is 0 Å². The zero-order valence-electron chi connectivity index (χ0n) is 12.4. The zero-order chi connectivity index (χ0) is 16.4. The summed E-state index contributed by atoms with van der Waals surface area (Å²) in [5.74, 6) is -0.668. The fourth-order valence-electron chi connectivity index (χ4n) is 2.98. The van der Waals surface area contributed by atoms with Crippen molar-refractivity contribution in [1.29, 1.82) is 0 Å². The number of amides is 1. The molecule has 0 bridgehead atoms. The molecule has 1 amide bonds. The van der Waals surface area contributed by atoms with E-state index in [-0.39, 0.29) is 30.9 Å². The van der Waals surface area contributed by atoms with Crippen molar-refractivity contribution >= 4 is 5.91 Å². The predicted octanol–water partition coefficient (Wildman–Crippen LogP) is 2.82. The lowest BCUT2D eigenvalue weighted by molar-refractivity contribution is -0.132. The molecule has 122 valence electrons. The molecule has 1 fully saturated rings. The van der Waals surface area contributed by atoms with Crippen molar-refractivity contribution < 1.29 is 23.1 Å². The van der Waals surface area contributed by atoms with Gasteiger partial charge in [-0.2, -0.15) is 0 Å². The van der Waals surface area contributed by atoms with Gasteiger partial charge in [-0.1, -0.05) is 0 Å². The van der Waals surface area contributed by atoms with Crippen molar-refractivity contribution in [2.45, 2.75) is 31.4 Å². The van der Waals surface area contributed by atoms with E-state index in [0.29, 0.717) is 12.2 Å². The minimum Gasteiger partial charge on any atom is -0.469 e. The van der Waals surface area contributed by atoms with Gasteiger partial charge < -0.3 is 14.4 Å². The van der Waals surface area contributed by atoms with Crippen LogP contribution in [0.15, 0.2) is 41.0 Å². The number of carbonyl (C=O) groups is 1. The number of rotatable bonds is 4. The molecule has 0 aliphatic carbocycles. The first kappa shape index (κ1) is 15.7. The lowest BCUT2D eigenvalue weighted by Gasteiger charge is -2.25. The summed E-state index contributed by atoms with van der Waals surface area (Å²) < 4.78 is 32.6. The van der Waals surface area contributed by atoms with Gasteiger partial charge in [-0.25, -0.2) is 8.78 Å². The summed E-state index contributed by atoms with van der Waals surface area (Å²) in [6, 6.07) is 6.03. The summed E-state index contributed by atoms with van der Waals surface area (Å²) in [7, 11) is 0. The fraction of sp³-hybridized carbons (Fsp3) is 0.353. The first-order valence-electron chi connectivity index (χ1n) is 7.49. The first-order valence-corrected chi connectivity index (χ1v) is 7.49. The van der Waals surface area contributed by atoms with Crippen molar-refractivity contribution in [3.05, 3.63) is 59.6 Å². The lowest BCUT2D eigenvalue weighted by atomic mass is 10.0. The number of β-amino-alcohol motifs (C(OH)–C–C–N with tert-alkyl or cyclic N) is 1. The molecule has 4 nitrogen and oxygen atoms in total. The van der Waals surface area contributed by atoms with Gasteiger partial charge in [0.05, 0.1) is 18.4 Å². The second kappa shape index (κ2) is 6.50. The molecule has 1 aromatic heterocycles. The summed E-state index contributed by atoms with van der Waals surface area (Å²) in [6.45, 7) is 0.123. The van der Waals surface area contributed by atoms with Gasteiger partial charge in [0.2, 0.25) is 5.91 Å². The molecule has 1 saturated heterocycles. The summed E-state index contributed by atoms with van der Waals surface area (Å²) >= 11 is 0. The Kier molecular flexibility index (Phi) is 4.43. The molecular formula is C17H17F2NO3. The number of aliphatic hydroxyl groups excluding tert-OH is 1. The minimum atomic E-state index is -0.741. The highest BCUT2D eigenvalue weighted by atomic mass is 19.1. The Hall–Kier alpha value is -2.21. The van der Waals surface area contributed by atoms with Gasteiger partial charge >= 0.3 is 0 Å². The van der Waals surface area contributed by atoms with Gasteiger partial charge in [-0.3, -0.25) is 4.79 Å². The predicted molar refractivity (Wildman–Crippen MR) is 78.5 cm³/mol. The van der Waals surface area contributed by atoms with Crippen molar-refractivity contribution in [1.82, 2.24) is 4.90 Å². The van der Waals surface area contributed by atoms with Gasteiger partial charge in [-0.05, 0) is 36.8 Å². The molecule has 1 aliphatic heterocycles. The normalized spacial score (nSPS) is 20.9.